The second-order valence-electron chi connectivity index (χ2n) is 5.28. The number of hydrogen-bond donors (Lipinski definition) is 2. The van der Waals surface area contributed by atoms with Crippen molar-refractivity contribution in [3.05, 3.63) is 0 Å². The molecule has 84 valence electrons. The van der Waals surface area contributed by atoms with Gasteiger partial charge in [-0.15, -0.1) is 0 Å². The largest absolute Gasteiger partial charge is 0.396 e. The monoisotopic (exact) mass is 199 g/mol. The van der Waals surface area contributed by atoms with Crippen LogP contribution in [0.1, 0.15) is 46.5 Å². The fraction of sp³-hybridized carbons (Fsp3) is 1.00. The zero-order chi connectivity index (χ0) is 10.7. The smallest absolute Gasteiger partial charge is 0.0499 e. The molecule has 0 aromatic heterocycles. The molecule has 1 aliphatic rings. The first-order valence-corrected chi connectivity index (χ1v) is 5.91. The molecule has 0 heterocycles. The minimum atomic E-state index is 0.116. The molecular formula is C12H25NO. The van der Waals surface area contributed by atoms with Gasteiger partial charge >= 0.3 is 0 Å². The third-order valence-corrected chi connectivity index (χ3v) is 3.99. The van der Waals surface area contributed by atoms with E-state index in [-0.39, 0.29) is 5.41 Å². The summed E-state index contributed by atoms with van der Waals surface area (Å²) in [4.78, 5) is 0. The fourth-order valence-corrected chi connectivity index (χ4v) is 1.80. The Labute approximate surface area is 88.1 Å². The van der Waals surface area contributed by atoms with Crippen LogP contribution in [0.4, 0.5) is 0 Å². The summed E-state index contributed by atoms with van der Waals surface area (Å²) < 4.78 is 0. The number of hydrogen-bond acceptors (Lipinski definition) is 2. The van der Waals surface area contributed by atoms with Crippen LogP contribution >= 0.6 is 0 Å². The van der Waals surface area contributed by atoms with Crippen molar-refractivity contribution in [2.45, 2.75) is 46.5 Å². The van der Waals surface area contributed by atoms with Crippen LogP contribution in [-0.2, 0) is 0 Å². The van der Waals surface area contributed by atoms with E-state index in [0.717, 1.165) is 25.9 Å². The Kier molecular flexibility index (Phi) is 3.96. The normalized spacial score (nSPS) is 19.7. The van der Waals surface area contributed by atoms with Crippen molar-refractivity contribution in [2.75, 3.05) is 19.7 Å². The van der Waals surface area contributed by atoms with Crippen molar-refractivity contribution in [3.8, 4) is 0 Å². The van der Waals surface area contributed by atoms with Gasteiger partial charge in [0, 0.05) is 25.1 Å². The maximum Gasteiger partial charge on any atom is 0.0499 e. The zero-order valence-corrected chi connectivity index (χ0v) is 9.90. The topological polar surface area (TPSA) is 32.3 Å². The van der Waals surface area contributed by atoms with Gasteiger partial charge in [-0.3, -0.25) is 0 Å². The average Bonchev–Trinajstić information content (AvgIpc) is 2.93. The van der Waals surface area contributed by atoms with E-state index in [0.29, 0.717) is 12.0 Å². The number of rotatable bonds is 7. The Hall–Kier alpha value is -0.0800. The summed E-state index contributed by atoms with van der Waals surface area (Å²) in [7, 11) is 0. The van der Waals surface area contributed by atoms with E-state index in [2.05, 4.69) is 26.1 Å². The molecule has 1 rings (SSSR count). The van der Waals surface area contributed by atoms with E-state index >= 15 is 0 Å². The van der Waals surface area contributed by atoms with Gasteiger partial charge in [0.2, 0.25) is 0 Å². The molecule has 0 saturated heterocycles. The van der Waals surface area contributed by atoms with Crippen LogP contribution < -0.4 is 5.32 Å². The van der Waals surface area contributed by atoms with Gasteiger partial charge in [-0.2, -0.15) is 0 Å². The molecule has 1 fully saturated rings. The van der Waals surface area contributed by atoms with Crippen molar-refractivity contribution >= 4 is 0 Å². The molecule has 2 heteroatoms. The van der Waals surface area contributed by atoms with Gasteiger partial charge in [-0.25, -0.2) is 0 Å². The maximum atomic E-state index is 9.38. The third-order valence-electron chi connectivity index (χ3n) is 3.99. The van der Waals surface area contributed by atoms with Gasteiger partial charge in [0.15, 0.2) is 0 Å². The summed E-state index contributed by atoms with van der Waals surface area (Å²) in [5.41, 5.74) is 0.688. The molecule has 0 radical (unpaired) electrons. The molecule has 0 aromatic rings. The highest BCUT2D eigenvalue weighted by atomic mass is 16.3. The molecular weight excluding hydrogens is 174 g/mol. The summed E-state index contributed by atoms with van der Waals surface area (Å²) in [6.45, 7) is 9.06. The summed E-state index contributed by atoms with van der Waals surface area (Å²) >= 11 is 0. The Balaban J connectivity index is 2.25. The highest BCUT2D eigenvalue weighted by Crippen LogP contribution is 2.44. The van der Waals surface area contributed by atoms with Gasteiger partial charge in [0.05, 0.1) is 0 Å². The SMILES string of the molecule is CCC(CC)(CO)CNCC1(C)CC1. The first-order valence-electron chi connectivity index (χ1n) is 5.91. The molecule has 2 N–H and O–H groups in total. The molecule has 0 atom stereocenters. The standard InChI is InChI=1S/C12H25NO/c1-4-12(5-2,10-14)9-13-8-11(3)6-7-11/h13-14H,4-10H2,1-3H3. The van der Waals surface area contributed by atoms with E-state index in [1.807, 2.05) is 0 Å². The van der Waals surface area contributed by atoms with Crippen LogP contribution in [0.3, 0.4) is 0 Å². The zero-order valence-electron chi connectivity index (χ0n) is 9.90. The van der Waals surface area contributed by atoms with Gasteiger partial charge in [0.1, 0.15) is 0 Å². The quantitative estimate of drug-likeness (QED) is 0.658. The maximum absolute atomic E-state index is 9.38. The Bertz CT molecular complexity index is 163. The Morgan fingerprint density at radius 2 is 1.86 bits per heavy atom. The lowest BCUT2D eigenvalue weighted by atomic mass is 9.83. The molecule has 1 saturated carbocycles. The molecule has 0 bridgehead atoms. The number of aliphatic hydroxyl groups excluding tert-OH is 1. The highest BCUT2D eigenvalue weighted by molar-refractivity contribution is 4.91. The predicted molar refractivity (Wildman–Crippen MR) is 60.3 cm³/mol. The molecule has 0 unspecified atom stereocenters. The molecule has 0 aliphatic heterocycles. The second kappa shape index (κ2) is 4.63. The van der Waals surface area contributed by atoms with Crippen molar-refractivity contribution in [2.24, 2.45) is 10.8 Å². The van der Waals surface area contributed by atoms with Crippen LogP contribution in [0.25, 0.3) is 0 Å². The van der Waals surface area contributed by atoms with Crippen LogP contribution in [-0.4, -0.2) is 24.8 Å². The van der Waals surface area contributed by atoms with Crippen molar-refractivity contribution < 1.29 is 5.11 Å². The Morgan fingerprint density at radius 1 is 1.29 bits per heavy atom. The van der Waals surface area contributed by atoms with E-state index < -0.39 is 0 Å². The van der Waals surface area contributed by atoms with Crippen molar-refractivity contribution in [1.82, 2.24) is 5.32 Å². The summed E-state index contributed by atoms with van der Waals surface area (Å²) in [6.07, 6.45) is 4.85. The van der Waals surface area contributed by atoms with Crippen LogP contribution in [0, 0.1) is 10.8 Å². The van der Waals surface area contributed by atoms with Crippen molar-refractivity contribution in [3.63, 3.8) is 0 Å². The van der Waals surface area contributed by atoms with E-state index in [1.165, 1.54) is 12.8 Å². The summed E-state index contributed by atoms with van der Waals surface area (Å²) in [5.74, 6) is 0. The van der Waals surface area contributed by atoms with E-state index in [4.69, 9.17) is 0 Å². The second-order valence-corrected chi connectivity index (χ2v) is 5.28. The van der Waals surface area contributed by atoms with Gasteiger partial charge in [-0.1, -0.05) is 20.8 Å². The lowest BCUT2D eigenvalue weighted by Crippen LogP contribution is -2.38. The molecule has 0 amide bonds. The molecule has 0 aromatic carbocycles. The van der Waals surface area contributed by atoms with Crippen LogP contribution in [0.15, 0.2) is 0 Å². The molecule has 1 aliphatic carbocycles. The van der Waals surface area contributed by atoms with Crippen LogP contribution in [0.2, 0.25) is 0 Å². The van der Waals surface area contributed by atoms with Gasteiger partial charge in [-0.05, 0) is 31.1 Å². The van der Waals surface area contributed by atoms with Crippen molar-refractivity contribution in [1.29, 1.82) is 0 Å². The lowest BCUT2D eigenvalue weighted by molar-refractivity contribution is 0.112. The van der Waals surface area contributed by atoms with E-state index in [9.17, 15) is 5.11 Å². The number of nitrogens with one attached hydrogen (secondary N) is 1. The third kappa shape index (κ3) is 2.96. The molecule has 2 nitrogen and oxygen atoms in total. The van der Waals surface area contributed by atoms with E-state index in [1.54, 1.807) is 0 Å². The average molecular weight is 199 g/mol. The predicted octanol–water partition coefficient (Wildman–Crippen LogP) is 2.17. The minimum Gasteiger partial charge on any atom is -0.396 e. The summed E-state index contributed by atoms with van der Waals surface area (Å²) in [6, 6.07) is 0. The summed E-state index contributed by atoms with van der Waals surface area (Å²) in [5, 5.41) is 12.9. The van der Waals surface area contributed by atoms with Gasteiger partial charge < -0.3 is 10.4 Å². The highest BCUT2D eigenvalue weighted by Gasteiger charge is 2.37. The first kappa shape index (κ1) is 12.0. The minimum absolute atomic E-state index is 0.116. The first-order chi connectivity index (χ1) is 6.60. The fourth-order valence-electron chi connectivity index (χ4n) is 1.80. The lowest BCUT2D eigenvalue weighted by Gasteiger charge is -2.30. The van der Waals surface area contributed by atoms with Crippen LogP contribution in [0.5, 0.6) is 0 Å². The molecule has 0 spiro atoms. The Morgan fingerprint density at radius 3 is 2.21 bits per heavy atom. The van der Waals surface area contributed by atoms with Gasteiger partial charge in [0.25, 0.3) is 0 Å². The number of aliphatic hydroxyl groups is 1. The molecule has 14 heavy (non-hydrogen) atoms.